The largest absolute Gasteiger partial charge is 0.399 e. The second kappa shape index (κ2) is 9.56. The number of aromatic amines is 1. The summed E-state index contributed by atoms with van der Waals surface area (Å²) >= 11 is 6.64. The van der Waals surface area contributed by atoms with Crippen molar-refractivity contribution in [2.45, 2.75) is 6.42 Å². The third-order valence-electron chi connectivity index (χ3n) is 5.85. The standard InChI is InChI=1S/C28H22ClN5O2/c29-25-19(15-24(35)16-1-8-20(30)9-2-16)7-14-23-26(25)34-27(33-23)17-5-12-22(13-6-17)32-28(36)18-3-10-21(31)11-4-18/h1-14H,15,30-31H2,(H,32,36)(H,33,34). The van der Waals surface area contributed by atoms with E-state index in [0.29, 0.717) is 50.1 Å². The molecule has 4 aromatic carbocycles. The number of rotatable bonds is 6. The topological polar surface area (TPSA) is 127 Å². The number of carbonyl (C=O) groups is 2. The van der Waals surface area contributed by atoms with Crippen LogP contribution in [-0.2, 0) is 6.42 Å². The maximum atomic E-state index is 12.7. The lowest BCUT2D eigenvalue weighted by molar-refractivity contribution is 0.0991. The van der Waals surface area contributed by atoms with Crippen LogP contribution in [0.4, 0.5) is 17.1 Å². The number of nitrogen functional groups attached to an aromatic ring is 2. The van der Waals surface area contributed by atoms with Crippen molar-refractivity contribution in [3.8, 4) is 11.4 Å². The van der Waals surface area contributed by atoms with Gasteiger partial charge in [-0.2, -0.15) is 0 Å². The summed E-state index contributed by atoms with van der Waals surface area (Å²) in [4.78, 5) is 33.1. The highest BCUT2D eigenvalue weighted by Gasteiger charge is 2.15. The molecule has 8 heteroatoms. The maximum Gasteiger partial charge on any atom is 0.255 e. The van der Waals surface area contributed by atoms with Crippen LogP contribution in [-0.4, -0.2) is 21.7 Å². The molecule has 0 aliphatic rings. The molecule has 1 aromatic heterocycles. The fourth-order valence-electron chi connectivity index (χ4n) is 3.85. The van der Waals surface area contributed by atoms with E-state index in [1.807, 2.05) is 24.3 Å². The molecule has 0 atom stereocenters. The van der Waals surface area contributed by atoms with Gasteiger partial charge in [0.05, 0.1) is 10.5 Å². The lowest BCUT2D eigenvalue weighted by atomic mass is 10.0. The summed E-state index contributed by atoms with van der Waals surface area (Å²) in [5, 5.41) is 3.30. The van der Waals surface area contributed by atoms with E-state index in [1.165, 1.54) is 0 Å². The number of hydrogen-bond acceptors (Lipinski definition) is 5. The molecule has 5 rings (SSSR count). The molecular formula is C28H22ClN5O2. The molecule has 178 valence electrons. The summed E-state index contributed by atoms with van der Waals surface area (Å²) in [6.45, 7) is 0. The summed E-state index contributed by atoms with van der Waals surface area (Å²) in [6, 6.07) is 24.5. The van der Waals surface area contributed by atoms with E-state index in [0.717, 1.165) is 11.1 Å². The van der Waals surface area contributed by atoms with E-state index in [-0.39, 0.29) is 18.1 Å². The SMILES string of the molecule is Nc1ccc(C(=O)Cc2ccc3[nH]c(-c4ccc(NC(=O)c5ccc(N)cc5)cc4)nc3c2Cl)cc1. The summed E-state index contributed by atoms with van der Waals surface area (Å²) in [5.74, 6) is 0.355. The van der Waals surface area contributed by atoms with E-state index in [9.17, 15) is 9.59 Å². The van der Waals surface area contributed by atoms with Gasteiger partial charge in [0.1, 0.15) is 11.3 Å². The third kappa shape index (κ3) is 4.78. The monoisotopic (exact) mass is 495 g/mol. The van der Waals surface area contributed by atoms with Gasteiger partial charge in [-0.15, -0.1) is 0 Å². The zero-order chi connectivity index (χ0) is 25.2. The van der Waals surface area contributed by atoms with Crippen molar-refractivity contribution >= 4 is 51.4 Å². The second-order valence-electron chi connectivity index (χ2n) is 8.40. The Morgan fingerprint density at radius 3 is 2.06 bits per heavy atom. The highest BCUT2D eigenvalue weighted by Crippen LogP contribution is 2.30. The number of anilines is 3. The Labute approximate surface area is 212 Å². The number of nitrogens with one attached hydrogen (secondary N) is 2. The molecule has 5 aromatic rings. The van der Waals surface area contributed by atoms with Gasteiger partial charge in [-0.25, -0.2) is 4.98 Å². The third-order valence-corrected chi connectivity index (χ3v) is 6.27. The van der Waals surface area contributed by atoms with Crippen LogP contribution < -0.4 is 16.8 Å². The number of aromatic nitrogens is 2. The average molecular weight is 496 g/mol. The Kier molecular flexibility index (Phi) is 6.14. The van der Waals surface area contributed by atoms with E-state index >= 15 is 0 Å². The number of fused-ring (bicyclic) bond motifs is 1. The highest BCUT2D eigenvalue weighted by atomic mass is 35.5. The Bertz CT molecular complexity index is 1570. The number of benzene rings is 4. The van der Waals surface area contributed by atoms with Gasteiger partial charge in [0.15, 0.2) is 5.78 Å². The van der Waals surface area contributed by atoms with Crippen LogP contribution in [0.5, 0.6) is 0 Å². The van der Waals surface area contributed by atoms with E-state index in [1.54, 1.807) is 60.7 Å². The predicted octanol–water partition coefficient (Wildman–Crippen LogP) is 5.73. The number of amides is 1. The first-order chi connectivity index (χ1) is 17.4. The lowest BCUT2D eigenvalue weighted by Crippen LogP contribution is -2.11. The second-order valence-corrected chi connectivity index (χ2v) is 8.77. The number of nitrogens with two attached hydrogens (primary N) is 2. The molecule has 7 nitrogen and oxygen atoms in total. The Balaban J connectivity index is 1.33. The Hall–Kier alpha value is -4.62. The first-order valence-electron chi connectivity index (χ1n) is 11.2. The number of ketones is 1. The highest BCUT2D eigenvalue weighted by molar-refractivity contribution is 6.36. The van der Waals surface area contributed by atoms with Crippen LogP contribution in [0.25, 0.3) is 22.4 Å². The van der Waals surface area contributed by atoms with Gasteiger partial charge >= 0.3 is 0 Å². The van der Waals surface area contributed by atoms with Crippen LogP contribution in [0.15, 0.2) is 84.9 Å². The fraction of sp³-hybridized carbons (Fsp3) is 0.0357. The van der Waals surface area contributed by atoms with E-state index < -0.39 is 0 Å². The molecule has 0 saturated heterocycles. The van der Waals surface area contributed by atoms with E-state index in [2.05, 4.69) is 15.3 Å². The van der Waals surface area contributed by atoms with Crippen molar-refractivity contribution in [1.29, 1.82) is 0 Å². The Morgan fingerprint density at radius 2 is 1.42 bits per heavy atom. The molecule has 6 N–H and O–H groups in total. The van der Waals surface area contributed by atoms with Gasteiger partial charge in [-0.1, -0.05) is 17.7 Å². The van der Waals surface area contributed by atoms with Crippen LogP contribution in [0.2, 0.25) is 5.02 Å². The zero-order valence-corrected chi connectivity index (χ0v) is 19.8. The molecule has 36 heavy (non-hydrogen) atoms. The minimum atomic E-state index is -0.223. The molecule has 0 fully saturated rings. The van der Waals surface area contributed by atoms with Crippen molar-refractivity contribution in [1.82, 2.24) is 9.97 Å². The van der Waals surface area contributed by atoms with Gasteiger partial charge in [-0.05, 0) is 84.4 Å². The minimum Gasteiger partial charge on any atom is -0.399 e. The number of hydrogen-bond donors (Lipinski definition) is 4. The summed E-state index contributed by atoms with van der Waals surface area (Å²) in [7, 11) is 0. The molecular weight excluding hydrogens is 474 g/mol. The van der Waals surface area contributed by atoms with Crippen molar-refractivity contribution in [2.24, 2.45) is 0 Å². The lowest BCUT2D eigenvalue weighted by Gasteiger charge is -2.06. The number of halogens is 1. The number of imidazole rings is 1. The molecule has 1 heterocycles. The van der Waals surface area contributed by atoms with Gasteiger partial charge in [0.2, 0.25) is 0 Å². The molecule has 0 saturated carbocycles. The normalized spacial score (nSPS) is 10.9. The molecule has 0 radical (unpaired) electrons. The van der Waals surface area contributed by atoms with Gasteiger partial charge in [0, 0.05) is 40.2 Å². The molecule has 0 unspecified atom stereocenters. The van der Waals surface area contributed by atoms with Crippen LogP contribution >= 0.6 is 11.6 Å². The zero-order valence-electron chi connectivity index (χ0n) is 19.1. The number of H-pyrrole nitrogens is 1. The van der Waals surface area contributed by atoms with Crippen molar-refractivity contribution in [2.75, 3.05) is 16.8 Å². The van der Waals surface area contributed by atoms with Crippen molar-refractivity contribution < 1.29 is 9.59 Å². The van der Waals surface area contributed by atoms with Crippen LogP contribution in [0.1, 0.15) is 26.3 Å². The minimum absolute atomic E-state index is 0.0522. The van der Waals surface area contributed by atoms with Crippen LogP contribution in [0.3, 0.4) is 0 Å². The number of carbonyl (C=O) groups excluding carboxylic acids is 2. The molecule has 0 aliphatic carbocycles. The van der Waals surface area contributed by atoms with Gasteiger partial charge in [-0.3, -0.25) is 9.59 Å². The quantitative estimate of drug-likeness (QED) is 0.177. The predicted molar refractivity (Wildman–Crippen MR) is 144 cm³/mol. The van der Waals surface area contributed by atoms with Crippen LogP contribution in [0, 0.1) is 0 Å². The summed E-state index contributed by atoms with van der Waals surface area (Å²) < 4.78 is 0. The van der Waals surface area contributed by atoms with Gasteiger partial charge in [0.25, 0.3) is 5.91 Å². The smallest absolute Gasteiger partial charge is 0.255 e. The Morgan fingerprint density at radius 1 is 0.806 bits per heavy atom. The first kappa shape index (κ1) is 23.1. The number of Topliss-reactive ketones (excluding diaryl/α,β-unsaturated/α-hetero) is 1. The molecule has 0 bridgehead atoms. The molecule has 1 amide bonds. The van der Waals surface area contributed by atoms with Gasteiger partial charge < -0.3 is 21.8 Å². The average Bonchev–Trinajstić information content (AvgIpc) is 3.32. The molecule has 0 spiro atoms. The molecule has 0 aliphatic heterocycles. The van der Waals surface area contributed by atoms with Crippen molar-refractivity contribution in [3.05, 3.63) is 107 Å². The maximum absolute atomic E-state index is 12.7. The summed E-state index contributed by atoms with van der Waals surface area (Å²) in [6.07, 6.45) is 0.156. The van der Waals surface area contributed by atoms with E-state index in [4.69, 9.17) is 23.1 Å². The first-order valence-corrected chi connectivity index (χ1v) is 11.6. The fourth-order valence-corrected chi connectivity index (χ4v) is 4.12. The summed E-state index contributed by atoms with van der Waals surface area (Å²) in [5.41, 5.74) is 17.2. The van der Waals surface area contributed by atoms with Crippen molar-refractivity contribution in [3.63, 3.8) is 0 Å². The number of nitrogens with zero attached hydrogens (tertiary/aromatic N) is 1.